The number of nitrogens with one attached hydrogen (secondary N) is 1. The van der Waals surface area contributed by atoms with E-state index in [9.17, 15) is 0 Å². The van der Waals surface area contributed by atoms with E-state index in [1.165, 1.54) is 17.7 Å². The number of ether oxygens (including phenoxy) is 1. The summed E-state index contributed by atoms with van der Waals surface area (Å²) < 4.78 is 5.52. The number of nitrogens with zero attached hydrogens (tertiary/aromatic N) is 1. The summed E-state index contributed by atoms with van der Waals surface area (Å²) >= 11 is 0. The zero-order chi connectivity index (χ0) is 13.7. The second-order valence-electron chi connectivity index (χ2n) is 5.40. The van der Waals surface area contributed by atoms with Crippen LogP contribution < -0.4 is 10.2 Å². The summed E-state index contributed by atoms with van der Waals surface area (Å²) in [6, 6.07) is 9.26. The molecule has 1 fully saturated rings. The molecule has 3 heteroatoms. The number of hydrogen-bond donors (Lipinski definition) is 1. The Morgan fingerprint density at radius 2 is 2.32 bits per heavy atom. The molecule has 1 N–H and O–H groups in total. The molecule has 106 valence electrons. The van der Waals surface area contributed by atoms with Gasteiger partial charge in [-0.25, -0.2) is 0 Å². The fraction of sp³-hybridized carbons (Fsp3) is 0.625. The molecule has 1 aliphatic rings. The summed E-state index contributed by atoms with van der Waals surface area (Å²) in [4.78, 5) is 2.45. The smallest absolute Gasteiger partial charge is 0.0510 e. The SMILES string of the molecule is CCN(CC(NC)C1CCOC1)c1cccc(C)c1. The summed E-state index contributed by atoms with van der Waals surface area (Å²) in [5.74, 6) is 0.642. The van der Waals surface area contributed by atoms with Crippen LogP contribution >= 0.6 is 0 Å². The third kappa shape index (κ3) is 3.71. The standard InChI is InChI=1S/C16H26N2O/c1-4-18(15-7-5-6-13(2)10-15)11-16(17-3)14-8-9-19-12-14/h5-7,10,14,16-17H,4,8-9,11-12H2,1-3H3. The van der Waals surface area contributed by atoms with Crippen molar-refractivity contribution in [1.29, 1.82) is 0 Å². The minimum Gasteiger partial charge on any atom is -0.381 e. The largest absolute Gasteiger partial charge is 0.381 e. The maximum absolute atomic E-state index is 5.52. The van der Waals surface area contributed by atoms with Crippen molar-refractivity contribution in [3.63, 3.8) is 0 Å². The summed E-state index contributed by atoms with van der Waals surface area (Å²) in [6.45, 7) is 8.27. The van der Waals surface area contributed by atoms with Crippen LogP contribution in [-0.2, 0) is 4.74 Å². The van der Waals surface area contributed by atoms with Gasteiger partial charge in [0.25, 0.3) is 0 Å². The Bertz CT molecular complexity index is 388. The summed E-state index contributed by atoms with van der Waals surface area (Å²) in [7, 11) is 2.06. The third-order valence-electron chi connectivity index (χ3n) is 4.07. The normalized spacial score (nSPS) is 20.5. The van der Waals surface area contributed by atoms with Crippen LogP contribution in [-0.4, -0.2) is 39.4 Å². The molecule has 19 heavy (non-hydrogen) atoms. The lowest BCUT2D eigenvalue weighted by atomic mass is 9.98. The number of anilines is 1. The highest BCUT2D eigenvalue weighted by atomic mass is 16.5. The Kier molecular flexibility index (Phi) is 5.23. The molecule has 1 heterocycles. The van der Waals surface area contributed by atoms with Crippen molar-refractivity contribution in [3.05, 3.63) is 29.8 Å². The Morgan fingerprint density at radius 3 is 2.89 bits per heavy atom. The van der Waals surface area contributed by atoms with Gasteiger partial charge in [0, 0.05) is 37.3 Å². The van der Waals surface area contributed by atoms with E-state index in [0.29, 0.717) is 12.0 Å². The highest BCUT2D eigenvalue weighted by Gasteiger charge is 2.26. The molecule has 1 aliphatic heterocycles. The second-order valence-corrected chi connectivity index (χ2v) is 5.40. The van der Waals surface area contributed by atoms with E-state index in [2.05, 4.69) is 55.4 Å². The number of rotatable bonds is 6. The van der Waals surface area contributed by atoms with Crippen LogP contribution in [0.2, 0.25) is 0 Å². The molecular weight excluding hydrogens is 236 g/mol. The Morgan fingerprint density at radius 1 is 1.47 bits per heavy atom. The van der Waals surface area contributed by atoms with Crippen LogP contribution in [0, 0.1) is 12.8 Å². The minimum atomic E-state index is 0.503. The van der Waals surface area contributed by atoms with Gasteiger partial charge in [-0.2, -0.15) is 0 Å². The molecule has 1 aromatic rings. The average molecular weight is 262 g/mol. The van der Waals surface area contributed by atoms with Gasteiger partial charge >= 0.3 is 0 Å². The van der Waals surface area contributed by atoms with E-state index >= 15 is 0 Å². The Labute approximate surface area is 116 Å². The predicted octanol–water partition coefficient (Wildman–Crippen LogP) is 2.45. The molecule has 0 aliphatic carbocycles. The van der Waals surface area contributed by atoms with Gasteiger partial charge < -0.3 is 15.0 Å². The van der Waals surface area contributed by atoms with Crippen molar-refractivity contribution in [3.8, 4) is 0 Å². The quantitative estimate of drug-likeness (QED) is 0.852. The Balaban J connectivity index is 2.04. The van der Waals surface area contributed by atoms with Crippen LogP contribution in [0.15, 0.2) is 24.3 Å². The maximum atomic E-state index is 5.52. The number of hydrogen-bond acceptors (Lipinski definition) is 3. The highest BCUT2D eigenvalue weighted by Crippen LogP contribution is 2.21. The first kappa shape index (κ1) is 14.4. The maximum Gasteiger partial charge on any atom is 0.0510 e. The zero-order valence-corrected chi connectivity index (χ0v) is 12.4. The third-order valence-corrected chi connectivity index (χ3v) is 4.07. The van der Waals surface area contributed by atoms with Crippen LogP contribution in [0.5, 0.6) is 0 Å². The fourth-order valence-electron chi connectivity index (χ4n) is 2.83. The first-order valence-electron chi connectivity index (χ1n) is 7.31. The van der Waals surface area contributed by atoms with E-state index < -0.39 is 0 Å². The van der Waals surface area contributed by atoms with Crippen molar-refractivity contribution in [2.45, 2.75) is 26.3 Å². The van der Waals surface area contributed by atoms with Crippen LogP contribution in [0.1, 0.15) is 18.9 Å². The zero-order valence-electron chi connectivity index (χ0n) is 12.4. The summed E-state index contributed by atoms with van der Waals surface area (Å²) in [6.07, 6.45) is 1.18. The molecule has 2 unspecified atom stereocenters. The molecule has 0 bridgehead atoms. The molecule has 0 radical (unpaired) electrons. The molecule has 2 atom stereocenters. The molecule has 0 amide bonds. The molecular formula is C16H26N2O. The minimum absolute atomic E-state index is 0.503. The molecule has 1 saturated heterocycles. The van der Waals surface area contributed by atoms with Crippen LogP contribution in [0.25, 0.3) is 0 Å². The summed E-state index contributed by atoms with van der Waals surface area (Å²) in [5.41, 5.74) is 2.64. The predicted molar refractivity (Wildman–Crippen MR) is 80.8 cm³/mol. The van der Waals surface area contributed by atoms with E-state index in [1.54, 1.807) is 0 Å². The fourth-order valence-corrected chi connectivity index (χ4v) is 2.83. The van der Waals surface area contributed by atoms with Gasteiger partial charge in [0.2, 0.25) is 0 Å². The first-order valence-corrected chi connectivity index (χ1v) is 7.31. The van der Waals surface area contributed by atoms with E-state index in [4.69, 9.17) is 4.74 Å². The van der Waals surface area contributed by atoms with Gasteiger partial charge in [-0.3, -0.25) is 0 Å². The molecule has 0 aromatic heterocycles. The van der Waals surface area contributed by atoms with Crippen molar-refractivity contribution < 1.29 is 4.74 Å². The monoisotopic (exact) mass is 262 g/mol. The topological polar surface area (TPSA) is 24.5 Å². The lowest BCUT2D eigenvalue weighted by molar-refractivity contribution is 0.178. The van der Waals surface area contributed by atoms with Gasteiger partial charge in [0.05, 0.1) is 6.61 Å². The van der Waals surface area contributed by atoms with Crippen molar-refractivity contribution >= 4 is 5.69 Å². The lowest BCUT2D eigenvalue weighted by Gasteiger charge is -2.31. The molecule has 3 nitrogen and oxygen atoms in total. The molecule has 1 aromatic carbocycles. The summed E-state index contributed by atoms with van der Waals surface area (Å²) in [5, 5.41) is 3.47. The van der Waals surface area contributed by atoms with Gasteiger partial charge in [-0.1, -0.05) is 12.1 Å². The van der Waals surface area contributed by atoms with E-state index in [1.807, 2.05) is 0 Å². The van der Waals surface area contributed by atoms with Crippen molar-refractivity contribution in [1.82, 2.24) is 5.32 Å². The lowest BCUT2D eigenvalue weighted by Crippen LogP contribution is -2.44. The van der Waals surface area contributed by atoms with Crippen LogP contribution in [0.4, 0.5) is 5.69 Å². The van der Waals surface area contributed by atoms with Gasteiger partial charge in [0.15, 0.2) is 0 Å². The van der Waals surface area contributed by atoms with Gasteiger partial charge in [-0.05, 0) is 45.0 Å². The molecule has 2 rings (SSSR count). The molecule has 0 saturated carbocycles. The van der Waals surface area contributed by atoms with Gasteiger partial charge in [0.1, 0.15) is 0 Å². The van der Waals surface area contributed by atoms with E-state index in [-0.39, 0.29) is 0 Å². The van der Waals surface area contributed by atoms with Crippen molar-refractivity contribution in [2.24, 2.45) is 5.92 Å². The van der Waals surface area contributed by atoms with Crippen molar-refractivity contribution in [2.75, 3.05) is 38.3 Å². The van der Waals surface area contributed by atoms with E-state index in [0.717, 1.165) is 26.3 Å². The average Bonchev–Trinajstić information content (AvgIpc) is 2.94. The number of aryl methyl sites for hydroxylation is 1. The number of likely N-dealkylation sites (N-methyl/N-ethyl adjacent to an activating group) is 2. The molecule has 0 spiro atoms. The second kappa shape index (κ2) is 6.92. The highest BCUT2D eigenvalue weighted by molar-refractivity contribution is 5.48. The van der Waals surface area contributed by atoms with Crippen LogP contribution in [0.3, 0.4) is 0 Å². The van der Waals surface area contributed by atoms with Gasteiger partial charge in [-0.15, -0.1) is 0 Å². The first-order chi connectivity index (χ1) is 9.24. The Hall–Kier alpha value is -1.06. The number of benzene rings is 1.